The number of benzene rings is 1. The van der Waals surface area contributed by atoms with Gasteiger partial charge < -0.3 is 15.4 Å². The van der Waals surface area contributed by atoms with Crippen LogP contribution in [0.4, 0.5) is 5.69 Å². The van der Waals surface area contributed by atoms with Gasteiger partial charge in [0.05, 0.1) is 34.4 Å². The molecule has 1 unspecified atom stereocenters. The molecule has 170 valence electrons. The highest BCUT2D eigenvalue weighted by molar-refractivity contribution is 6.09. The van der Waals surface area contributed by atoms with Gasteiger partial charge in [-0.25, -0.2) is 4.68 Å². The monoisotopic (exact) mass is 446 g/mol. The SMILES string of the molecule is CC(C)(C#N)CNC(=O)c1nn(C2CCCCO2)cc1NC(=O)c1cnc2ccccc2c1. The number of fused-ring (bicyclic) bond motifs is 1. The minimum absolute atomic E-state index is 0.0695. The summed E-state index contributed by atoms with van der Waals surface area (Å²) in [5, 5.41) is 20.0. The zero-order valence-corrected chi connectivity index (χ0v) is 18.7. The lowest BCUT2D eigenvalue weighted by Gasteiger charge is -2.22. The van der Waals surface area contributed by atoms with E-state index in [9.17, 15) is 14.9 Å². The number of carbonyl (C=O) groups excluding carboxylic acids is 2. The maximum absolute atomic E-state index is 13.0. The van der Waals surface area contributed by atoms with Crippen molar-refractivity contribution in [1.82, 2.24) is 20.1 Å². The van der Waals surface area contributed by atoms with E-state index in [0.29, 0.717) is 12.2 Å². The lowest BCUT2D eigenvalue weighted by atomic mass is 9.96. The zero-order chi connectivity index (χ0) is 23.4. The van der Waals surface area contributed by atoms with Crippen LogP contribution in [-0.2, 0) is 4.74 Å². The number of hydrogen-bond acceptors (Lipinski definition) is 6. The lowest BCUT2D eigenvalue weighted by Crippen LogP contribution is -2.34. The Balaban J connectivity index is 1.60. The van der Waals surface area contributed by atoms with Crippen LogP contribution in [0, 0.1) is 16.7 Å². The predicted octanol–water partition coefficient (Wildman–Crippen LogP) is 3.66. The molecule has 0 aliphatic carbocycles. The summed E-state index contributed by atoms with van der Waals surface area (Å²) in [6, 6.07) is 11.4. The maximum Gasteiger partial charge on any atom is 0.274 e. The fourth-order valence-electron chi connectivity index (χ4n) is 3.54. The topological polar surface area (TPSA) is 122 Å². The fraction of sp³-hybridized carbons (Fsp3) is 0.375. The van der Waals surface area contributed by atoms with Crippen molar-refractivity contribution in [3.63, 3.8) is 0 Å². The minimum atomic E-state index is -0.731. The summed E-state index contributed by atoms with van der Waals surface area (Å²) < 4.78 is 7.37. The number of pyridine rings is 1. The van der Waals surface area contributed by atoms with Crippen LogP contribution in [0.2, 0.25) is 0 Å². The number of nitriles is 1. The van der Waals surface area contributed by atoms with Gasteiger partial charge in [0.15, 0.2) is 5.69 Å². The van der Waals surface area contributed by atoms with Crippen LogP contribution < -0.4 is 10.6 Å². The van der Waals surface area contributed by atoms with Crippen LogP contribution in [0.15, 0.2) is 42.7 Å². The Kier molecular flexibility index (Phi) is 6.38. The van der Waals surface area contributed by atoms with E-state index in [2.05, 4.69) is 26.8 Å². The van der Waals surface area contributed by atoms with Gasteiger partial charge in [-0.3, -0.25) is 14.6 Å². The van der Waals surface area contributed by atoms with E-state index in [1.54, 1.807) is 30.8 Å². The van der Waals surface area contributed by atoms with Crippen molar-refractivity contribution in [1.29, 1.82) is 5.26 Å². The van der Waals surface area contributed by atoms with E-state index >= 15 is 0 Å². The normalized spacial score (nSPS) is 16.2. The van der Waals surface area contributed by atoms with Crippen LogP contribution in [-0.4, -0.2) is 39.7 Å². The number of para-hydroxylation sites is 1. The zero-order valence-electron chi connectivity index (χ0n) is 18.7. The Hall–Kier alpha value is -3.77. The van der Waals surface area contributed by atoms with E-state index in [1.165, 1.54) is 6.20 Å². The smallest absolute Gasteiger partial charge is 0.274 e. The first kappa shape index (κ1) is 22.4. The van der Waals surface area contributed by atoms with Crippen molar-refractivity contribution >= 4 is 28.4 Å². The average Bonchev–Trinajstić information content (AvgIpc) is 3.26. The Bertz CT molecular complexity index is 1220. The van der Waals surface area contributed by atoms with Crippen molar-refractivity contribution in [2.75, 3.05) is 18.5 Å². The van der Waals surface area contributed by atoms with Gasteiger partial charge in [0, 0.05) is 24.7 Å². The molecule has 9 nitrogen and oxygen atoms in total. The molecule has 3 heterocycles. The molecule has 1 aromatic carbocycles. The van der Waals surface area contributed by atoms with Gasteiger partial charge in [-0.05, 0) is 45.2 Å². The summed E-state index contributed by atoms with van der Waals surface area (Å²) in [7, 11) is 0. The molecular formula is C24H26N6O3. The molecule has 1 aliphatic rings. The Morgan fingerprint density at radius 1 is 1.27 bits per heavy atom. The van der Waals surface area contributed by atoms with Gasteiger partial charge in [0.2, 0.25) is 0 Å². The van der Waals surface area contributed by atoms with Crippen LogP contribution in [0.5, 0.6) is 0 Å². The van der Waals surface area contributed by atoms with Crippen LogP contribution >= 0.6 is 0 Å². The molecule has 1 saturated heterocycles. The molecule has 0 radical (unpaired) electrons. The molecule has 3 aromatic rings. The molecule has 33 heavy (non-hydrogen) atoms. The first-order valence-electron chi connectivity index (χ1n) is 10.9. The fourth-order valence-corrected chi connectivity index (χ4v) is 3.54. The molecule has 0 bridgehead atoms. The third-order valence-corrected chi connectivity index (χ3v) is 5.49. The van der Waals surface area contributed by atoms with Gasteiger partial charge in [-0.2, -0.15) is 10.4 Å². The summed E-state index contributed by atoms with van der Waals surface area (Å²) >= 11 is 0. The maximum atomic E-state index is 13.0. The van der Waals surface area contributed by atoms with Crippen LogP contribution in [0.1, 0.15) is 60.2 Å². The third kappa shape index (κ3) is 5.18. The molecule has 1 atom stereocenters. The first-order chi connectivity index (χ1) is 15.9. The van der Waals surface area contributed by atoms with E-state index in [4.69, 9.17) is 4.74 Å². The predicted molar refractivity (Wildman–Crippen MR) is 122 cm³/mol. The number of anilines is 1. The van der Waals surface area contributed by atoms with Crippen LogP contribution in [0.25, 0.3) is 10.9 Å². The summed E-state index contributed by atoms with van der Waals surface area (Å²) in [5.74, 6) is -0.872. The molecule has 0 saturated carbocycles. The molecule has 1 aliphatic heterocycles. The molecule has 2 aromatic heterocycles. The van der Waals surface area contributed by atoms with E-state index in [-0.39, 0.29) is 24.2 Å². The Labute approximate surface area is 191 Å². The average molecular weight is 447 g/mol. The summed E-state index contributed by atoms with van der Waals surface area (Å²) in [4.78, 5) is 30.2. The van der Waals surface area contributed by atoms with Crippen molar-refractivity contribution in [3.05, 3.63) is 54.0 Å². The highest BCUT2D eigenvalue weighted by Crippen LogP contribution is 2.26. The van der Waals surface area contributed by atoms with Crippen LogP contribution in [0.3, 0.4) is 0 Å². The second kappa shape index (κ2) is 9.38. The Morgan fingerprint density at radius 2 is 2.09 bits per heavy atom. The molecule has 2 amide bonds. The largest absolute Gasteiger partial charge is 0.357 e. The number of ether oxygens (including phenoxy) is 1. The number of nitrogens with zero attached hydrogens (tertiary/aromatic N) is 4. The highest BCUT2D eigenvalue weighted by Gasteiger charge is 2.26. The second-order valence-electron chi connectivity index (χ2n) is 8.74. The van der Waals surface area contributed by atoms with E-state index in [0.717, 1.165) is 30.2 Å². The van der Waals surface area contributed by atoms with E-state index < -0.39 is 17.2 Å². The molecule has 9 heteroatoms. The second-order valence-corrected chi connectivity index (χ2v) is 8.74. The molecule has 0 spiro atoms. The number of amides is 2. The van der Waals surface area contributed by atoms with Gasteiger partial charge in [0.25, 0.3) is 11.8 Å². The third-order valence-electron chi connectivity index (χ3n) is 5.49. The van der Waals surface area contributed by atoms with Gasteiger partial charge in [-0.1, -0.05) is 18.2 Å². The van der Waals surface area contributed by atoms with Gasteiger partial charge >= 0.3 is 0 Å². The first-order valence-corrected chi connectivity index (χ1v) is 10.9. The van der Waals surface area contributed by atoms with Crippen molar-refractivity contribution < 1.29 is 14.3 Å². The standard InChI is InChI=1S/C24H26N6O3/c1-24(2,14-25)15-27-23(32)21-19(13-30(29-21)20-9-5-6-10-33-20)28-22(31)17-11-16-7-3-4-8-18(16)26-12-17/h3-4,7-8,11-13,20H,5-6,9-10,15H2,1-2H3,(H,27,32)(H,28,31). The summed E-state index contributed by atoms with van der Waals surface area (Å²) in [5.41, 5.74) is 0.767. The van der Waals surface area contributed by atoms with Crippen molar-refractivity contribution in [2.45, 2.75) is 39.3 Å². The molecule has 1 fully saturated rings. The van der Waals surface area contributed by atoms with Crippen molar-refractivity contribution in [2.24, 2.45) is 5.41 Å². The number of aromatic nitrogens is 3. The number of nitrogens with one attached hydrogen (secondary N) is 2. The van der Waals surface area contributed by atoms with Gasteiger partial charge in [-0.15, -0.1) is 0 Å². The minimum Gasteiger partial charge on any atom is -0.357 e. The summed E-state index contributed by atoms with van der Waals surface area (Å²) in [6.45, 7) is 4.23. The summed E-state index contributed by atoms with van der Waals surface area (Å²) in [6.07, 6.45) is 5.56. The van der Waals surface area contributed by atoms with Crippen molar-refractivity contribution in [3.8, 4) is 6.07 Å². The molecule has 4 rings (SSSR count). The van der Waals surface area contributed by atoms with Gasteiger partial charge in [0.1, 0.15) is 6.23 Å². The highest BCUT2D eigenvalue weighted by atomic mass is 16.5. The lowest BCUT2D eigenvalue weighted by molar-refractivity contribution is -0.0395. The van der Waals surface area contributed by atoms with E-state index in [1.807, 2.05) is 24.3 Å². The number of hydrogen-bond donors (Lipinski definition) is 2. The number of rotatable bonds is 6. The molecule has 2 N–H and O–H groups in total. The number of carbonyl (C=O) groups is 2. The Morgan fingerprint density at radius 3 is 2.85 bits per heavy atom. The quantitative estimate of drug-likeness (QED) is 0.596. The molecular weight excluding hydrogens is 420 g/mol.